The molecule has 0 radical (unpaired) electrons. The third-order valence-electron chi connectivity index (χ3n) is 2.01. The van der Waals surface area contributed by atoms with Crippen molar-refractivity contribution in [2.75, 3.05) is 0 Å². The lowest BCUT2D eigenvalue weighted by Gasteiger charge is -2.14. The molecule has 86 valence electrons. The molecule has 4 nitrogen and oxygen atoms in total. The fourth-order valence-electron chi connectivity index (χ4n) is 1.23. The summed E-state index contributed by atoms with van der Waals surface area (Å²) in [7, 11) is -0.887. The Labute approximate surface area is 95.4 Å². The second-order valence-electron chi connectivity index (χ2n) is 3.42. The largest absolute Gasteiger partial charge is 0.628 e. The molecule has 0 aliphatic carbocycles. The van der Waals surface area contributed by atoms with E-state index in [0.29, 0.717) is 6.42 Å². The van der Waals surface area contributed by atoms with Gasteiger partial charge in [0.25, 0.3) is 11.9 Å². The van der Waals surface area contributed by atoms with Crippen molar-refractivity contribution in [3.8, 4) is 0 Å². The molecule has 0 aromatic carbocycles. The maximum absolute atomic E-state index is 11.2. The van der Waals surface area contributed by atoms with Gasteiger partial charge in [0.05, 0.1) is 0 Å². The minimum absolute atomic E-state index is 0.268. The second-order valence-corrected chi connectivity index (χ2v) is 3.42. The van der Waals surface area contributed by atoms with Gasteiger partial charge < -0.3 is 9.31 Å². The first-order valence-electron chi connectivity index (χ1n) is 5.44. The first kappa shape index (κ1) is 12.6. The van der Waals surface area contributed by atoms with Crippen molar-refractivity contribution < 1.29 is 18.9 Å². The molecule has 16 heavy (non-hydrogen) atoms. The summed E-state index contributed by atoms with van der Waals surface area (Å²) in [5.41, 5.74) is 0. The summed E-state index contributed by atoms with van der Waals surface area (Å²) in [6.07, 6.45) is 7.42. The highest BCUT2D eigenvalue weighted by molar-refractivity contribution is 6.54. The first-order chi connectivity index (χ1) is 7.72. The number of rotatable bonds is 3. The highest BCUT2D eigenvalue weighted by Gasteiger charge is 2.26. The lowest BCUT2D eigenvalue weighted by molar-refractivity contribution is -0.142. The van der Waals surface area contributed by atoms with Crippen molar-refractivity contribution in [2.24, 2.45) is 0 Å². The first-order valence-corrected chi connectivity index (χ1v) is 5.44. The Kier molecular flexibility index (Phi) is 5.39. The van der Waals surface area contributed by atoms with E-state index in [9.17, 15) is 9.59 Å². The normalized spacial score (nSPS) is 18.4. The van der Waals surface area contributed by atoms with Crippen molar-refractivity contribution in [3.63, 3.8) is 0 Å². The van der Waals surface area contributed by atoms with E-state index in [0.717, 1.165) is 6.42 Å². The number of carbonyl (C=O) groups excluding carboxylic acids is 2. The Morgan fingerprint density at radius 2 is 1.81 bits per heavy atom. The summed E-state index contributed by atoms with van der Waals surface area (Å²) in [6.45, 7) is 2.01. The molecule has 1 rings (SSSR count). The molecule has 0 amide bonds. The van der Waals surface area contributed by atoms with Crippen LogP contribution in [0.15, 0.2) is 24.2 Å². The predicted octanol–water partition coefficient (Wildman–Crippen LogP) is 1.81. The van der Waals surface area contributed by atoms with Crippen molar-refractivity contribution in [1.82, 2.24) is 0 Å². The molecule has 0 saturated carbocycles. The average Bonchev–Trinajstić information content (AvgIpc) is 2.22. The summed E-state index contributed by atoms with van der Waals surface area (Å²) in [4.78, 5) is 22.4. The van der Waals surface area contributed by atoms with Crippen LogP contribution in [0.5, 0.6) is 0 Å². The number of allylic oxidation sites excluding steroid dienone is 3. The lowest BCUT2D eigenvalue weighted by atomic mass is 9.88. The zero-order valence-electron chi connectivity index (χ0n) is 9.35. The predicted molar refractivity (Wildman–Crippen MR) is 60.4 cm³/mol. The summed E-state index contributed by atoms with van der Waals surface area (Å²) < 4.78 is 9.88. The van der Waals surface area contributed by atoms with Gasteiger partial charge in [-0.15, -0.1) is 0 Å². The molecule has 0 bridgehead atoms. The highest BCUT2D eigenvalue weighted by atomic mass is 16.6. The van der Waals surface area contributed by atoms with E-state index in [4.69, 9.17) is 9.31 Å². The molecule has 1 aliphatic heterocycles. The molecule has 1 aliphatic rings. The van der Waals surface area contributed by atoms with Gasteiger partial charge in [-0.3, -0.25) is 9.59 Å². The van der Waals surface area contributed by atoms with E-state index in [1.807, 2.05) is 19.1 Å². The van der Waals surface area contributed by atoms with Gasteiger partial charge in [-0.25, -0.2) is 0 Å². The highest BCUT2D eigenvalue weighted by Crippen LogP contribution is 2.08. The molecule has 0 spiro atoms. The van der Waals surface area contributed by atoms with Gasteiger partial charge in [0.1, 0.15) is 0 Å². The van der Waals surface area contributed by atoms with E-state index in [1.54, 1.807) is 12.1 Å². The van der Waals surface area contributed by atoms with Crippen molar-refractivity contribution >= 4 is 19.1 Å². The van der Waals surface area contributed by atoms with Crippen LogP contribution in [0, 0.1) is 0 Å². The molecule has 1 saturated heterocycles. The quantitative estimate of drug-likeness (QED) is 0.539. The van der Waals surface area contributed by atoms with E-state index in [1.165, 1.54) is 0 Å². The molecule has 0 unspecified atom stereocenters. The van der Waals surface area contributed by atoms with Crippen LogP contribution in [0.1, 0.15) is 32.6 Å². The van der Waals surface area contributed by atoms with Gasteiger partial charge in [0, 0.05) is 12.8 Å². The van der Waals surface area contributed by atoms with Crippen LogP contribution in [0.4, 0.5) is 0 Å². The van der Waals surface area contributed by atoms with Crippen LogP contribution >= 0.6 is 0 Å². The summed E-state index contributed by atoms with van der Waals surface area (Å²) in [6, 6.07) is 0. The topological polar surface area (TPSA) is 52.6 Å². The van der Waals surface area contributed by atoms with Gasteiger partial charge in [-0.2, -0.15) is 0 Å². The lowest BCUT2D eigenvalue weighted by Crippen LogP contribution is -2.29. The Hall–Kier alpha value is -1.52. The van der Waals surface area contributed by atoms with Gasteiger partial charge in [0.2, 0.25) is 0 Å². The van der Waals surface area contributed by atoms with Crippen LogP contribution in [0.25, 0.3) is 0 Å². The van der Waals surface area contributed by atoms with Crippen molar-refractivity contribution in [2.45, 2.75) is 32.6 Å². The maximum Gasteiger partial charge on any atom is 0.628 e. The summed E-state index contributed by atoms with van der Waals surface area (Å²) in [5.74, 6) is 0.885. The standard InChI is InChI=1S/C11H15BO4/c1-2-3-4-5-9-12-15-10(13)7-6-8-11(14)16-12/h3-5,9H,2,6-8H2,1H3/b4-3+,9-5+. The van der Waals surface area contributed by atoms with Gasteiger partial charge >= 0.3 is 7.12 Å². The Morgan fingerprint density at radius 1 is 1.19 bits per heavy atom. The molecule has 0 aromatic heterocycles. The minimum Gasteiger partial charge on any atom is -0.496 e. The van der Waals surface area contributed by atoms with Crippen LogP contribution in [-0.2, 0) is 18.9 Å². The fourth-order valence-corrected chi connectivity index (χ4v) is 1.23. The molecule has 1 heterocycles. The minimum atomic E-state index is -0.887. The molecular formula is C11H15BO4. The average molecular weight is 222 g/mol. The molecule has 0 atom stereocenters. The zero-order chi connectivity index (χ0) is 11.8. The monoisotopic (exact) mass is 222 g/mol. The molecule has 0 aromatic rings. The number of hydrogen-bond acceptors (Lipinski definition) is 4. The van der Waals surface area contributed by atoms with Crippen molar-refractivity contribution in [3.05, 3.63) is 24.2 Å². The van der Waals surface area contributed by atoms with E-state index >= 15 is 0 Å². The van der Waals surface area contributed by atoms with Crippen LogP contribution < -0.4 is 0 Å². The Morgan fingerprint density at radius 3 is 2.38 bits per heavy atom. The summed E-state index contributed by atoms with van der Waals surface area (Å²) >= 11 is 0. The van der Waals surface area contributed by atoms with Crippen LogP contribution in [0.3, 0.4) is 0 Å². The molecule has 0 N–H and O–H groups in total. The third kappa shape index (κ3) is 4.82. The van der Waals surface area contributed by atoms with Gasteiger partial charge in [-0.05, 0) is 18.8 Å². The van der Waals surface area contributed by atoms with Crippen LogP contribution in [-0.4, -0.2) is 19.1 Å². The molecule has 5 heteroatoms. The SMILES string of the molecule is CC/C=C/C=C/B1OC(=O)CCCC(=O)O1. The molecule has 1 fully saturated rings. The number of hydrogen-bond donors (Lipinski definition) is 0. The van der Waals surface area contributed by atoms with Gasteiger partial charge in [-0.1, -0.05) is 25.2 Å². The third-order valence-corrected chi connectivity index (χ3v) is 2.01. The second kappa shape index (κ2) is 6.88. The Balaban J connectivity index is 2.53. The maximum atomic E-state index is 11.2. The fraction of sp³-hybridized carbons (Fsp3) is 0.455. The summed E-state index contributed by atoms with van der Waals surface area (Å²) in [5, 5.41) is 0. The Bertz CT molecular complexity index is 291. The van der Waals surface area contributed by atoms with Crippen molar-refractivity contribution in [1.29, 1.82) is 0 Å². The molecular weight excluding hydrogens is 207 g/mol. The number of carbonyl (C=O) groups is 2. The van der Waals surface area contributed by atoms with E-state index in [-0.39, 0.29) is 24.8 Å². The van der Waals surface area contributed by atoms with E-state index < -0.39 is 7.12 Å². The van der Waals surface area contributed by atoms with E-state index in [2.05, 4.69) is 0 Å². The van der Waals surface area contributed by atoms with Crippen LogP contribution in [0.2, 0.25) is 0 Å². The zero-order valence-corrected chi connectivity index (χ0v) is 9.35. The smallest absolute Gasteiger partial charge is 0.496 e. The van der Waals surface area contributed by atoms with Gasteiger partial charge in [0.15, 0.2) is 0 Å².